The maximum absolute atomic E-state index is 5.45. The van der Waals surface area contributed by atoms with E-state index in [9.17, 15) is 0 Å². The van der Waals surface area contributed by atoms with E-state index in [1.54, 1.807) is 17.6 Å². The molecule has 20 heavy (non-hydrogen) atoms. The summed E-state index contributed by atoms with van der Waals surface area (Å²) in [4.78, 5) is 11.9. The number of anilines is 2. The molecule has 0 spiro atoms. The smallest absolute Gasteiger partial charge is 0.240 e. The highest BCUT2D eigenvalue weighted by Crippen LogP contribution is 2.29. The van der Waals surface area contributed by atoms with Gasteiger partial charge in [-0.2, -0.15) is 4.98 Å². The van der Waals surface area contributed by atoms with Crippen molar-refractivity contribution in [3.63, 3.8) is 0 Å². The van der Waals surface area contributed by atoms with Gasteiger partial charge in [0.2, 0.25) is 5.95 Å². The predicted octanol–water partition coefficient (Wildman–Crippen LogP) is 2.60. The minimum atomic E-state index is 0.424. The van der Waals surface area contributed by atoms with Crippen LogP contribution in [0.15, 0.2) is 34.3 Å². The second-order valence-electron chi connectivity index (χ2n) is 4.25. The van der Waals surface area contributed by atoms with Gasteiger partial charge < -0.3 is 9.32 Å². The lowest BCUT2D eigenvalue weighted by molar-refractivity contribution is 0.503. The van der Waals surface area contributed by atoms with Crippen molar-refractivity contribution < 1.29 is 4.42 Å². The van der Waals surface area contributed by atoms with Crippen molar-refractivity contribution in [2.75, 3.05) is 16.9 Å². The number of aromatic nitrogens is 2. The molecular formula is C13H15N5OS. The molecule has 3 rings (SSSR count). The van der Waals surface area contributed by atoms with Crippen molar-refractivity contribution in [2.24, 2.45) is 5.84 Å². The molecule has 0 aliphatic heterocycles. The maximum Gasteiger partial charge on any atom is 0.240 e. The van der Waals surface area contributed by atoms with Crippen molar-refractivity contribution >= 4 is 33.3 Å². The van der Waals surface area contributed by atoms with E-state index in [-0.39, 0.29) is 0 Å². The molecule has 0 fully saturated rings. The van der Waals surface area contributed by atoms with Gasteiger partial charge in [-0.15, -0.1) is 11.3 Å². The zero-order chi connectivity index (χ0) is 13.9. The number of hydrogen-bond donors (Lipinski definition) is 2. The van der Waals surface area contributed by atoms with Gasteiger partial charge in [0, 0.05) is 6.54 Å². The SMILES string of the molecule is CCN(Cc1ccco1)c1nc(NN)nc2sccc12. The minimum Gasteiger partial charge on any atom is -0.467 e. The molecule has 0 atom stereocenters. The van der Waals surface area contributed by atoms with E-state index in [1.807, 2.05) is 23.6 Å². The van der Waals surface area contributed by atoms with Crippen molar-refractivity contribution in [1.29, 1.82) is 0 Å². The van der Waals surface area contributed by atoms with Crippen LogP contribution >= 0.6 is 11.3 Å². The Labute approximate surface area is 120 Å². The van der Waals surface area contributed by atoms with Crippen LogP contribution in [0, 0.1) is 0 Å². The van der Waals surface area contributed by atoms with Crippen LogP contribution in [0.1, 0.15) is 12.7 Å². The zero-order valence-corrected chi connectivity index (χ0v) is 11.9. The fourth-order valence-electron chi connectivity index (χ4n) is 2.07. The lowest BCUT2D eigenvalue weighted by Gasteiger charge is -2.21. The van der Waals surface area contributed by atoms with Crippen molar-refractivity contribution in [1.82, 2.24) is 9.97 Å². The number of hydrogen-bond acceptors (Lipinski definition) is 7. The predicted molar refractivity (Wildman–Crippen MR) is 80.7 cm³/mol. The molecule has 3 N–H and O–H groups in total. The molecule has 7 heteroatoms. The van der Waals surface area contributed by atoms with E-state index in [4.69, 9.17) is 10.3 Å². The fourth-order valence-corrected chi connectivity index (χ4v) is 2.83. The van der Waals surface area contributed by atoms with Crippen LogP contribution in [-0.2, 0) is 6.54 Å². The number of rotatable bonds is 5. The van der Waals surface area contributed by atoms with Crippen LogP contribution in [0.5, 0.6) is 0 Å². The van der Waals surface area contributed by atoms with Crippen LogP contribution in [0.4, 0.5) is 11.8 Å². The van der Waals surface area contributed by atoms with Crippen LogP contribution in [0.25, 0.3) is 10.2 Å². The fraction of sp³-hybridized carbons (Fsp3) is 0.231. The van der Waals surface area contributed by atoms with E-state index >= 15 is 0 Å². The molecule has 0 aliphatic carbocycles. The third-order valence-corrected chi connectivity index (χ3v) is 3.85. The molecule has 0 aromatic carbocycles. The normalized spacial score (nSPS) is 10.9. The first kappa shape index (κ1) is 12.9. The van der Waals surface area contributed by atoms with Gasteiger partial charge in [-0.25, -0.2) is 10.8 Å². The molecule has 3 aromatic rings. The maximum atomic E-state index is 5.45. The van der Waals surface area contributed by atoms with Gasteiger partial charge in [0.05, 0.1) is 18.2 Å². The molecule has 0 saturated heterocycles. The molecule has 0 bridgehead atoms. The average molecular weight is 289 g/mol. The van der Waals surface area contributed by atoms with Crippen molar-refractivity contribution in [2.45, 2.75) is 13.5 Å². The molecule has 3 heterocycles. The summed E-state index contributed by atoms with van der Waals surface area (Å²) in [6.07, 6.45) is 1.68. The Morgan fingerprint density at radius 3 is 3.00 bits per heavy atom. The highest BCUT2D eigenvalue weighted by atomic mass is 32.1. The molecule has 0 aliphatic rings. The monoisotopic (exact) mass is 289 g/mol. The summed E-state index contributed by atoms with van der Waals surface area (Å²) in [6.45, 7) is 3.56. The van der Waals surface area contributed by atoms with Gasteiger partial charge in [-0.1, -0.05) is 0 Å². The topological polar surface area (TPSA) is 80.2 Å². The van der Waals surface area contributed by atoms with E-state index in [1.165, 1.54) is 0 Å². The van der Waals surface area contributed by atoms with Gasteiger partial charge in [-0.3, -0.25) is 5.43 Å². The van der Waals surface area contributed by atoms with Gasteiger partial charge in [0.1, 0.15) is 16.4 Å². The Balaban J connectivity index is 2.03. The Morgan fingerprint density at radius 1 is 1.40 bits per heavy atom. The molecule has 3 aromatic heterocycles. The first-order valence-corrected chi connectivity index (χ1v) is 7.19. The molecule has 0 radical (unpaired) electrons. The lowest BCUT2D eigenvalue weighted by atomic mass is 10.3. The highest BCUT2D eigenvalue weighted by molar-refractivity contribution is 7.16. The van der Waals surface area contributed by atoms with Crippen LogP contribution in [0.3, 0.4) is 0 Å². The summed E-state index contributed by atoms with van der Waals surface area (Å²) in [5.41, 5.74) is 2.52. The quantitative estimate of drug-likeness (QED) is 0.555. The Bertz CT molecular complexity index is 694. The molecule has 104 valence electrons. The Hall–Kier alpha value is -2.12. The molecule has 0 saturated carbocycles. The standard InChI is InChI=1S/C13H15N5OS/c1-2-18(8-9-4-3-6-19-9)11-10-5-7-20-12(10)16-13(15-11)17-14/h3-7H,2,8,14H2,1H3,(H,15,16,17). The van der Waals surface area contributed by atoms with Crippen molar-refractivity contribution in [3.05, 3.63) is 35.6 Å². The van der Waals surface area contributed by atoms with Gasteiger partial charge >= 0.3 is 0 Å². The first-order chi connectivity index (χ1) is 9.81. The van der Waals surface area contributed by atoms with E-state index < -0.39 is 0 Å². The molecular weight excluding hydrogens is 274 g/mol. The molecule has 0 unspecified atom stereocenters. The Morgan fingerprint density at radius 2 is 2.30 bits per heavy atom. The van der Waals surface area contributed by atoms with Gasteiger partial charge in [-0.05, 0) is 30.5 Å². The van der Waals surface area contributed by atoms with Crippen LogP contribution in [-0.4, -0.2) is 16.5 Å². The van der Waals surface area contributed by atoms with Gasteiger partial charge in [0.15, 0.2) is 0 Å². The largest absolute Gasteiger partial charge is 0.467 e. The number of nitrogens with two attached hydrogens (primary N) is 1. The van der Waals surface area contributed by atoms with Gasteiger partial charge in [0.25, 0.3) is 0 Å². The highest BCUT2D eigenvalue weighted by Gasteiger charge is 2.15. The summed E-state index contributed by atoms with van der Waals surface area (Å²) < 4.78 is 5.41. The zero-order valence-electron chi connectivity index (χ0n) is 11.0. The summed E-state index contributed by atoms with van der Waals surface area (Å²) >= 11 is 1.57. The first-order valence-electron chi connectivity index (χ1n) is 6.31. The molecule has 0 amide bonds. The second kappa shape index (κ2) is 5.48. The minimum absolute atomic E-state index is 0.424. The van der Waals surface area contributed by atoms with E-state index in [0.29, 0.717) is 12.5 Å². The van der Waals surface area contributed by atoms with Crippen molar-refractivity contribution in [3.8, 4) is 0 Å². The number of furan rings is 1. The average Bonchev–Trinajstić information content (AvgIpc) is 3.14. The number of nitrogens with zero attached hydrogens (tertiary/aromatic N) is 3. The van der Waals surface area contributed by atoms with E-state index in [2.05, 4.69) is 27.2 Å². The van der Waals surface area contributed by atoms with Crippen LogP contribution in [0.2, 0.25) is 0 Å². The third-order valence-electron chi connectivity index (χ3n) is 3.04. The number of nitrogen functional groups attached to an aromatic ring is 1. The van der Waals surface area contributed by atoms with E-state index in [0.717, 1.165) is 28.3 Å². The second-order valence-corrected chi connectivity index (χ2v) is 5.14. The summed E-state index contributed by atoms with van der Waals surface area (Å²) in [6, 6.07) is 5.87. The number of thiophene rings is 1. The third kappa shape index (κ3) is 2.33. The summed E-state index contributed by atoms with van der Waals surface area (Å²) in [7, 11) is 0. The Kier molecular flexibility index (Phi) is 3.53. The molecule has 6 nitrogen and oxygen atoms in total. The summed E-state index contributed by atoms with van der Waals surface area (Å²) in [5.74, 6) is 7.64. The van der Waals surface area contributed by atoms with Crippen LogP contribution < -0.4 is 16.2 Å². The summed E-state index contributed by atoms with van der Waals surface area (Å²) in [5, 5.41) is 3.03. The lowest BCUT2D eigenvalue weighted by Crippen LogP contribution is -2.24. The number of hydrazine groups is 1. The number of fused-ring (bicyclic) bond motifs is 1. The number of nitrogens with one attached hydrogen (secondary N) is 1.